The normalized spacial score (nSPS) is 17.1. The predicted molar refractivity (Wildman–Crippen MR) is 59.4 cm³/mol. The van der Waals surface area contributed by atoms with Gasteiger partial charge < -0.3 is 15.6 Å². The van der Waals surface area contributed by atoms with Crippen molar-refractivity contribution in [1.29, 1.82) is 0 Å². The van der Waals surface area contributed by atoms with Crippen molar-refractivity contribution in [2.75, 3.05) is 12.8 Å². The van der Waals surface area contributed by atoms with E-state index in [0.717, 1.165) is 5.56 Å². The van der Waals surface area contributed by atoms with Gasteiger partial charge in [0.25, 0.3) is 0 Å². The predicted octanol–water partition coefficient (Wildman–Crippen LogP) is 1.21. The van der Waals surface area contributed by atoms with E-state index in [1.165, 1.54) is 0 Å². The van der Waals surface area contributed by atoms with Gasteiger partial charge in [-0.1, -0.05) is 0 Å². The lowest BCUT2D eigenvalue weighted by atomic mass is 9.90. The molecule has 2 atom stereocenters. The summed E-state index contributed by atoms with van der Waals surface area (Å²) in [4.78, 5) is 4.02. The van der Waals surface area contributed by atoms with Crippen LogP contribution >= 0.6 is 0 Å². The summed E-state index contributed by atoms with van der Waals surface area (Å²) in [6, 6.07) is 1.83. The molecule has 2 unspecified atom stereocenters. The molecular formula is C11H18N2O2. The Balaban J connectivity index is 3.19. The van der Waals surface area contributed by atoms with Crippen molar-refractivity contribution < 1.29 is 9.84 Å². The van der Waals surface area contributed by atoms with Crippen molar-refractivity contribution in [3.8, 4) is 0 Å². The van der Waals surface area contributed by atoms with E-state index in [1.54, 1.807) is 27.2 Å². The smallest absolute Gasteiger partial charge is 0.129 e. The van der Waals surface area contributed by atoms with Crippen molar-refractivity contribution in [3.63, 3.8) is 0 Å². The van der Waals surface area contributed by atoms with E-state index in [-0.39, 0.29) is 6.10 Å². The highest BCUT2D eigenvalue weighted by Crippen LogP contribution is 2.30. The van der Waals surface area contributed by atoms with Crippen molar-refractivity contribution >= 4 is 5.82 Å². The SMILES string of the molecule is COC(C)C(C)(O)c1cc(C)cnc1N. The third-order valence-electron chi connectivity index (χ3n) is 2.75. The first-order valence-electron chi connectivity index (χ1n) is 4.87. The quantitative estimate of drug-likeness (QED) is 0.787. The van der Waals surface area contributed by atoms with E-state index in [1.807, 2.05) is 13.0 Å². The fourth-order valence-electron chi connectivity index (χ4n) is 1.43. The molecule has 0 saturated heterocycles. The maximum Gasteiger partial charge on any atom is 0.129 e. The lowest BCUT2D eigenvalue weighted by Crippen LogP contribution is -2.36. The molecule has 0 amide bonds. The highest BCUT2D eigenvalue weighted by Gasteiger charge is 2.33. The van der Waals surface area contributed by atoms with Gasteiger partial charge in [0, 0.05) is 18.9 Å². The number of ether oxygens (including phenoxy) is 1. The Labute approximate surface area is 90.1 Å². The summed E-state index contributed by atoms with van der Waals surface area (Å²) in [7, 11) is 1.55. The van der Waals surface area contributed by atoms with Crippen molar-refractivity contribution in [2.24, 2.45) is 0 Å². The first-order chi connectivity index (χ1) is 6.89. The molecule has 0 fully saturated rings. The molecule has 0 aromatic carbocycles. The van der Waals surface area contributed by atoms with Gasteiger partial charge in [-0.05, 0) is 32.4 Å². The molecule has 84 valence electrons. The molecule has 4 heteroatoms. The third kappa shape index (κ3) is 2.27. The zero-order valence-electron chi connectivity index (χ0n) is 9.61. The molecule has 0 aliphatic heterocycles. The Bertz CT molecular complexity index is 350. The minimum absolute atomic E-state index is 0.342. The molecule has 0 spiro atoms. The van der Waals surface area contributed by atoms with Crippen LogP contribution in [0.25, 0.3) is 0 Å². The number of aryl methyl sites for hydroxylation is 1. The summed E-state index contributed by atoms with van der Waals surface area (Å²) in [5, 5.41) is 10.3. The molecule has 0 saturated carbocycles. The van der Waals surface area contributed by atoms with E-state index < -0.39 is 5.60 Å². The van der Waals surface area contributed by atoms with Gasteiger partial charge in [0.1, 0.15) is 11.4 Å². The average Bonchev–Trinajstić information content (AvgIpc) is 2.20. The first kappa shape index (κ1) is 11.9. The molecule has 3 N–H and O–H groups in total. The highest BCUT2D eigenvalue weighted by molar-refractivity contribution is 5.44. The number of nitrogens with zero attached hydrogens (tertiary/aromatic N) is 1. The number of nitrogen functional groups attached to an aromatic ring is 1. The number of aromatic nitrogens is 1. The second kappa shape index (κ2) is 4.16. The van der Waals surface area contributed by atoms with E-state index in [9.17, 15) is 5.11 Å². The molecule has 0 radical (unpaired) electrons. The number of anilines is 1. The molecule has 1 aromatic rings. The Hall–Kier alpha value is -1.13. The molecule has 15 heavy (non-hydrogen) atoms. The summed E-state index contributed by atoms with van der Waals surface area (Å²) in [6.45, 7) is 5.37. The lowest BCUT2D eigenvalue weighted by Gasteiger charge is -2.30. The number of rotatable bonds is 3. The van der Waals surface area contributed by atoms with Gasteiger partial charge in [-0.15, -0.1) is 0 Å². The zero-order valence-corrected chi connectivity index (χ0v) is 9.61. The van der Waals surface area contributed by atoms with Gasteiger partial charge in [0.05, 0.1) is 6.10 Å². The summed E-state index contributed by atoms with van der Waals surface area (Å²) < 4.78 is 5.13. The topological polar surface area (TPSA) is 68.4 Å². The van der Waals surface area contributed by atoms with Crippen LogP contribution in [0.5, 0.6) is 0 Å². The Morgan fingerprint density at radius 1 is 1.60 bits per heavy atom. The average molecular weight is 210 g/mol. The van der Waals surface area contributed by atoms with Gasteiger partial charge in [-0.2, -0.15) is 0 Å². The summed E-state index contributed by atoms with van der Waals surface area (Å²) in [5.74, 6) is 0.342. The molecule has 4 nitrogen and oxygen atoms in total. The summed E-state index contributed by atoms with van der Waals surface area (Å²) in [5.41, 5.74) is 6.18. The number of hydrogen-bond donors (Lipinski definition) is 2. The van der Waals surface area contributed by atoms with Crippen LogP contribution in [0.2, 0.25) is 0 Å². The van der Waals surface area contributed by atoms with Crippen LogP contribution in [0.3, 0.4) is 0 Å². The lowest BCUT2D eigenvalue weighted by molar-refractivity contribution is -0.0768. The number of pyridine rings is 1. The number of methoxy groups -OCH3 is 1. The van der Waals surface area contributed by atoms with Gasteiger partial charge >= 0.3 is 0 Å². The van der Waals surface area contributed by atoms with Gasteiger partial charge in [0.2, 0.25) is 0 Å². The molecule has 0 aliphatic rings. The van der Waals surface area contributed by atoms with Gasteiger partial charge in [-0.3, -0.25) is 0 Å². The Kier molecular flexibility index (Phi) is 3.31. The largest absolute Gasteiger partial charge is 0.383 e. The van der Waals surface area contributed by atoms with E-state index in [2.05, 4.69) is 4.98 Å². The van der Waals surface area contributed by atoms with Crippen molar-refractivity contribution in [1.82, 2.24) is 4.98 Å². The standard InChI is InChI=1S/C11H18N2O2/c1-7-5-9(10(12)13-6-7)11(3,14)8(2)15-4/h5-6,8,14H,1-4H3,(H2,12,13). The van der Waals surface area contributed by atoms with E-state index in [0.29, 0.717) is 11.4 Å². The second-order valence-electron chi connectivity index (χ2n) is 3.97. The molecule has 0 bridgehead atoms. The van der Waals surface area contributed by atoms with Crippen molar-refractivity contribution in [3.05, 3.63) is 23.4 Å². The van der Waals surface area contributed by atoms with Crippen LogP contribution in [-0.2, 0) is 10.3 Å². The third-order valence-corrected chi connectivity index (χ3v) is 2.75. The van der Waals surface area contributed by atoms with Gasteiger partial charge in [0.15, 0.2) is 0 Å². The van der Waals surface area contributed by atoms with Crippen LogP contribution in [0.15, 0.2) is 12.3 Å². The number of aliphatic hydroxyl groups is 1. The van der Waals surface area contributed by atoms with Crippen LogP contribution in [0.1, 0.15) is 25.0 Å². The monoisotopic (exact) mass is 210 g/mol. The van der Waals surface area contributed by atoms with E-state index >= 15 is 0 Å². The van der Waals surface area contributed by atoms with Crippen molar-refractivity contribution in [2.45, 2.75) is 32.5 Å². The molecule has 1 rings (SSSR count). The highest BCUT2D eigenvalue weighted by atomic mass is 16.5. The molecular weight excluding hydrogens is 192 g/mol. The maximum absolute atomic E-state index is 10.3. The van der Waals surface area contributed by atoms with E-state index in [4.69, 9.17) is 10.5 Å². The minimum Gasteiger partial charge on any atom is -0.383 e. The van der Waals surface area contributed by atoms with Crippen LogP contribution in [-0.4, -0.2) is 23.3 Å². The first-order valence-corrected chi connectivity index (χ1v) is 4.87. The van der Waals surface area contributed by atoms with Crippen LogP contribution < -0.4 is 5.73 Å². The summed E-state index contributed by atoms with van der Waals surface area (Å²) >= 11 is 0. The molecule has 1 aromatic heterocycles. The molecule has 0 aliphatic carbocycles. The van der Waals surface area contributed by atoms with Crippen LogP contribution in [0.4, 0.5) is 5.82 Å². The number of hydrogen-bond acceptors (Lipinski definition) is 4. The Morgan fingerprint density at radius 2 is 2.20 bits per heavy atom. The number of nitrogens with two attached hydrogens (primary N) is 1. The second-order valence-corrected chi connectivity index (χ2v) is 3.97. The fourth-order valence-corrected chi connectivity index (χ4v) is 1.43. The maximum atomic E-state index is 10.3. The fraction of sp³-hybridized carbons (Fsp3) is 0.545. The molecule has 1 heterocycles. The zero-order chi connectivity index (χ0) is 11.6. The summed E-state index contributed by atoms with van der Waals surface area (Å²) in [6.07, 6.45) is 1.33. The van der Waals surface area contributed by atoms with Gasteiger partial charge in [-0.25, -0.2) is 4.98 Å². The van der Waals surface area contributed by atoms with Crippen LogP contribution in [0, 0.1) is 6.92 Å². The Morgan fingerprint density at radius 3 is 2.73 bits per heavy atom. The minimum atomic E-state index is -1.13.